The highest BCUT2D eigenvalue weighted by molar-refractivity contribution is 6.09. The van der Waals surface area contributed by atoms with Gasteiger partial charge >= 0.3 is 0 Å². The maximum Gasteiger partial charge on any atom is 0.0830 e. The van der Waals surface area contributed by atoms with E-state index in [9.17, 15) is 4.39 Å². The molecule has 0 bridgehead atoms. The number of hydrogen-bond donors (Lipinski definition) is 0. The third kappa shape index (κ3) is 5.63. The van der Waals surface area contributed by atoms with E-state index in [0.29, 0.717) is 6.33 Å². The lowest BCUT2D eigenvalue weighted by atomic mass is 10.4. The molecule has 0 atom stereocenters. The molecule has 0 aliphatic heterocycles. The Bertz CT molecular complexity index is 86.5. The van der Waals surface area contributed by atoms with Gasteiger partial charge < -0.3 is 0 Å². The van der Waals surface area contributed by atoms with E-state index >= 15 is 0 Å². The smallest absolute Gasteiger partial charge is 0.0830 e. The standard InChI is InChI=1S/C6H11FSi/c7-5-3-1-2-4-6-8/h2-5H,1,6H2,8H3. The summed E-state index contributed by atoms with van der Waals surface area (Å²) in [6.07, 6.45) is 6.86. The molecule has 0 amide bonds. The van der Waals surface area contributed by atoms with Crippen LogP contribution in [0.4, 0.5) is 4.39 Å². The van der Waals surface area contributed by atoms with Crippen molar-refractivity contribution in [3.63, 3.8) is 0 Å². The summed E-state index contributed by atoms with van der Waals surface area (Å²) in [5.74, 6) is 0. The normalized spacial score (nSPS) is 12.1. The summed E-state index contributed by atoms with van der Waals surface area (Å²) in [6, 6.07) is 1.17. The van der Waals surface area contributed by atoms with Gasteiger partial charge in [-0.05, 0) is 12.5 Å². The molecule has 0 aromatic heterocycles. The van der Waals surface area contributed by atoms with Crippen LogP contribution in [0.1, 0.15) is 6.42 Å². The molecule has 0 aliphatic rings. The van der Waals surface area contributed by atoms with E-state index in [1.54, 1.807) is 0 Å². The lowest BCUT2D eigenvalue weighted by Gasteiger charge is -1.76. The lowest BCUT2D eigenvalue weighted by molar-refractivity contribution is 0.717. The van der Waals surface area contributed by atoms with Gasteiger partial charge in [0.05, 0.1) is 6.33 Å². The second kappa shape index (κ2) is 6.63. The highest BCUT2D eigenvalue weighted by Crippen LogP contribution is 1.86. The molecule has 0 aromatic carbocycles. The van der Waals surface area contributed by atoms with Crippen molar-refractivity contribution in [1.82, 2.24) is 0 Å². The minimum absolute atomic E-state index is 0.581. The van der Waals surface area contributed by atoms with Crippen LogP contribution in [0, 0.1) is 0 Å². The first-order valence-corrected chi connectivity index (χ1v) is 4.23. The second-order valence-corrected chi connectivity index (χ2v) is 2.29. The van der Waals surface area contributed by atoms with Crippen LogP contribution in [-0.4, -0.2) is 10.2 Å². The lowest BCUT2D eigenvalue weighted by Crippen LogP contribution is -1.58. The van der Waals surface area contributed by atoms with Gasteiger partial charge in [-0.2, -0.15) is 0 Å². The van der Waals surface area contributed by atoms with Crippen LogP contribution in [0.25, 0.3) is 0 Å². The molecule has 8 heavy (non-hydrogen) atoms. The summed E-state index contributed by atoms with van der Waals surface area (Å²) in [5.41, 5.74) is 0. The molecule has 0 rings (SSSR count). The first-order valence-electron chi connectivity index (χ1n) is 2.82. The fourth-order valence-corrected chi connectivity index (χ4v) is 0.726. The van der Waals surface area contributed by atoms with Crippen molar-refractivity contribution in [3.8, 4) is 0 Å². The Kier molecular flexibility index (Phi) is 6.32. The van der Waals surface area contributed by atoms with Crippen molar-refractivity contribution < 1.29 is 4.39 Å². The van der Waals surface area contributed by atoms with Crippen molar-refractivity contribution in [2.24, 2.45) is 0 Å². The molecule has 0 spiro atoms. The molecule has 0 unspecified atom stereocenters. The SMILES string of the molecule is FC=CCC=CC[SiH3]. The summed E-state index contributed by atoms with van der Waals surface area (Å²) in [6.45, 7) is 0. The van der Waals surface area contributed by atoms with Gasteiger partial charge in [0, 0.05) is 10.2 Å². The summed E-state index contributed by atoms with van der Waals surface area (Å²) in [5, 5.41) is 0. The summed E-state index contributed by atoms with van der Waals surface area (Å²) in [7, 11) is 1.20. The first-order chi connectivity index (χ1) is 3.91. The molecule has 2 heteroatoms. The van der Waals surface area contributed by atoms with Crippen molar-refractivity contribution in [1.29, 1.82) is 0 Å². The fourth-order valence-electron chi connectivity index (χ4n) is 0.393. The Labute approximate surface area is 52.5 Å². The van der Waals surface area contributed by atoms with Gasteiger partial charge in [0.25, 0.3) is 0 Å². The largest absolute Gasteiger partial charge is 0.216 e. The maximum absolute atomic E-state index is 11.2. The number of allylic oxidation sites excluding steroid dienone is 3. The van der Waals surface area contributed by atoms with Gasteiger partial charge in [0.1, 0.15) is 0 Å². The third-order valence-electron chi connectivity index (χ3n) is 0.764. The van der Waals surface area contributed by atoms with Crippen LogP contribution in [-0.2, 0) is 0 Å². The molecule has 0 saturated carbocycles. The second-order valence-electron chi connectivity index (χ2n) is 1.48. The Morgan fingerprint density at radius 3 is 2.50 bits per heavy atom. The van der Waals surface area contributed by atoms with Crippen LogP contribution in [0.3, 0.4) is 0 Å². The van der Waals surface area contributed by atoms with Gasteiger partial charge in [-0.3, -0.25) is 0 Å². The molecule has 0 heterocycles. The van der Waals surface area contributed by atoms with Gasteiger partial charge in [-0.15, -0.1) is 0 Å². The van der Waals surface area contributed by atoms with E-state index < -0.39 is 0 Å². The monoisotopic (exact) mass is 130 g/mol. The minimum atomic E-state index is 0.581. The number of hydrogen-bond acceptors (Lipinski definition) is 0. The molecule has 0 aromatic rings. The average Bonchev–Trinajstić information content (AvgIpc) is 1.81. The van der Waals surface area contributed by atoms with Gasteiger partial charge in [-0.1, -0.05) is 18.2 Å². The topological polar surface area (TPSA) is 0 Å². The highest BCUT2D eigenvalue weighted by atomic mass is 28.1. The number of rotatable bonds is 3. The highest BCUT2D eigenvalue weighted by Gasteiger charge is 1.67. The zero-order chi connectivity index (χ0) is 6.24. The van der Waals surface area contributed by atoms with E-state index in [0.717, 1.165) is 6.42 Å². The Morgan fingerprint density at radius 1 is 1.25 bits per heavy atom. The van der Waals surface area contributed by atoms with E-state index in [-0.39, 0.29) is 0 Å². The van der Waals surface area contributed by atoms with Crippen LogP contribution in [0.2, 0.25) is 6.04 Å². The third-order valence-corrected chi connectivity index (χ3v) is 1.24. The van der Waals surface area contributed by atoms with E-state index in [1.165, 1.54) is 22.4 Å². The van der Waals surface area contributed by atoms with Crippen LogP contribution >= 0.6 is 0 Å². The average molecular weight is 130 g/mol. The molecule has 0 radical (unpaired) electrons. The summed E-state index contributed by atoms with van der Waals surface area (Å²) < 4.78 is 11.2. The molecule has 0 N–H and O–H groups in total. The molecule has 0 nitrogen and oxygen atoms in total. The Hall–Kier alpha value is -0.373. The summed E-state index contributed by atoms with van der Waals surface area (Å²) >= 11 is 0. The van der Waals surface area contributed by atoms with E-state index in [4.69, 9.17) is 0 Å². The predicted molar refractivity (Wildman–Crippen MR) is 38.8 cm³/mol. The molecular formula is C6H11FSi. The Morgan fingerprint density at radius 2 is 2.00 bits per heavy atom. The van der Waals surface area contributed by atoms with Gasteiger partial charge in [0.2, 0.25) is 0 Å². The predicted octanol–water partition coefficient (Wildman–Crippen LogP) is 1.20. The van der Waals surface area contributed by atoms with E-state index in [1.807, 2.05) is 6.08 Å². The Balaban J connectivity index is 3.03. The van der Waals surface area contributed by atoms with Crippen molar-refractivity contribution in [2.45, 2.75) is 12.5 Å². The zero-order valence-electron chi connectivity index (χ0n) is 5.10. The minimum Gasteiger partial charge on any atom is -0.216 e. The zero-order valence-corrected chi connectivity index (χ0v) is 7.10. The van der Waals surface area contributed by atoms with Gasteiger partial charge in [0.15, 0.2) is 0 Å². The summed E-state index contributed by atoms with van der Waals surface area (Å²) in [4.78, 5) is 0. The van der Waals surface area contributed by atoms with Gasteiger partial charge in [-0.25, -0.2) is 4.39 Å². The molecular weight excluding hydrogens is 119 g/mol. The van der Waals surface area contributed by atoms with E-state index in [2.05, 4.69) is 6.08 Å². The first kappa shape index (κ1) is 7.63. The number of halogens is 1. The maximum atomic E-state index is 11.2. The quantitative estimate of drug-likeness (QED) is 0.398. The molecule has 0 aliphatic carbocycles. The van der Waals surface area contributed by atoms with Crippen LogP contribution in [0.5, 0.6) is 0 Å². The van der Waals surface area contributed by atoms with Crippen LogP contribution in [0.15, 0.2) is 24.6 Å². The fraction of sp³-hybridized carbons (Fsp3) is 0.333. The van der Waals surface area contributed by atoms with Crippen molar-refractivity contribution in [2.75, 3.05) is 0 Å². The molecule has 0 saturated heterocycles. The van der Waals surface area contributed by atoms with Crippen LogP contribution < -0.4 is 0 Å². The van der Waals surface area contributed by atoms with Crippen molar-refractivity contribution in [3.05, 3.63) is 24.6 Å². The van der Waals surface area contributed by atoms with Crippen molar-refractivity contribution >= 4 is 10.2 Å². The molecule has 46 valence electrons. The molecule has 0 fully saturated rings.